The Morgan fingerprint density at radius 3 is 2.34 bits per heavy atom. The molecule has 0 aliphatic carbocycles. The summed E-state index contributed by atoms with van der Waals surface area (Å²) in [5, 5.41) is 0.608. The summed E-state index contributed by atoms with van der Waals surface area (Å²) in [6.45, 7) is 9.20. The monoisotopic (exact) mass is 408 g/mol. The van der Waals surface area contributed by atoms with Crippen LogP contribution in [0.1, 0.15) is 48.9 Å². The third kappa shape index (κ3) is 5.25. The highest BCUT2D eigenvalue weighted by molar-refractivity contribution is 7.48. The van der Waals surface area contributed by atoms with Gasteiger partial charge in [0.15, 0.2) is 0 Å². The minimum absolute atomic E-state index is 0.121. The minimum atomic E-state index is -0.181. The molecule has 1 nitrogen and oxygen atoms in total. The Balaban J connectivity index is 2.01. The summed E-state index contributed by atoms with van der Waals surface area (Å²) in [5.74, 6) is 0.823. The molecular weight excluding hydrogens is 378 g/mol. The van der Waals surface area contributed by atoms with Crippen molar-refractivity contribution < 1.29 is 9.13 Å². The van der Waals surface area contributed by atoms with Crippen LogP contribution in [0.15, 0.2) is 66.7 Å². The van der Waals surface area contributed by atoms with Crippen LogP contribution < -0.4 is 10.0 Å². The molecule has 0 radical (unpaired) electrons. The first-order valence-electron chi connectivity index (χ1n) is 10.2. The molecule has 0 heterocycles. The van der Waals surface area contributed by atoms with Crippen LogP contribution in [0.5, 0.6) is 5.75 Å². The normalized spacial score (nSPS) is 13.6. The molecule has 0 fully saturated rings. The van der Waals surface area contributed by atoms with Gasteiger partial charge in [-0.15, -0.1) is 0 Å². The van der Waals surface area contributed by atoms with Gasteiger partial charge in [0.05, 0.1) is 0 Å². The molecule has 0 aliphatic rings. The van der Waals surface area contributed by atoms with Crippen molar-refractivity contribution in [1.29, 1.82) is 0 Å². The van der Waals surface area contributed by atoms with Crippen molar-refractivity contribution in [1.82, 2.24) is 0 Å². The average Bonchev–Trinajstić information content (AvgIpc) is 2.69. The van der Waals surface area contributed by atoms with E-state index in [9.17, 15) is 4.39 Å². The second-order valence-corrected chi connectivity index (χ2v) is 9.81. The Morgan fingerprint density at radius 2 is 1.66 bits per heavy atom. The summed E-state index contributed by atoms with van der Waals surface area (Å²) in [6, 6.07) is 21.8. The second kappa shape index (κ2) is 9.55. The molecule has 3 heteroatoms. The van der Waals surface area contributed by atoms with E-state index in [0.29, 0.717) is 15.2 Å². The molecule has 0 aromatic heterocycles. The Kier molecular flexibility index (Phi) is 7.09. The van der Waals surface area contributed by atoms with Gasteiger partial charge in [0.2, 0.25) is 0 Å². The molecule has 152 valence electrons. The highest BCUT2D eigenvalue weighted by atomic mass is 31.1. The van der Waals surface area contributed by atoms with Crippen molar-refractivity contribution in [3.05, 3.63) is 94.8 Å². The molecule has 0 saturated heterocycles. The fourth-order valence-corrected chi connectivity index (χ4v) is 5.58. The third-order valence-electron chi connectivity index (χ3n) is 5.27. The van der Waals surface area contributed by atoms with E-state index in [1.807, 2.05) is 30.3 Å². The Morgan fingerprint density at radius 1 is 0.966 bits per heavy atom. The van der Waals surface area contributed by atoms with Crippen molar-refractivity contribution in [3.63, 3.8) is 0 Å². The first-order chi connectivity index (χ1) is 13.9. The van der Waals surface area contributed by atoms with Gasteiger partial charge in [-0.1, -0.05) is 95.1 Å². The van der Waals surface area contributed by atoms with Gasteiger partial charge in [0.1, 0.15) is 18.2 Å². The molecule has 0 bridgehead atoms. The van der Waals surface area contributed by atoms with Crippen LogP contribution in [0.25, 0.3) is 0 Å². The lowest BCUT2D eigenvalue weighted by Gasteiger charge is -2.33. The molecule has 0 saturated carbocycles. The summed E-state index contributed by atoms with van der Waals surface area (Å²) < 4.78 is 20.9. The van der Waals surface area contributed by atoms with Crippen molar-refractivity contribution in [3.8, 4) is 5.75 Å². The van der Waals surface area contributed by atoms with Crippen LogP contribution in [-0.2, 0) is 11.8 Å². The smallest absolute Gasteiger partial charge is 0.130 e. The average molecular weight is 408 g/mol. The van der Waals surface area contributed by atoms with Gasteiger partial charge in [-0.05, 0) is 37.5 Å². The van der Waals surface area contributed by atoms with Crippen molar-refractivity contribution >= 4 is 13.9 Å². The van der Waals surface area contributed by atoms with E-state index >= 15 is 0 Å². The van der Waals surface area contributed by atoms with E-state index in [1.54, 1.807) is 12.1 Å². The van der Waals surface area contributed by atoms with Gasteiger partial charge in [-0.3, -0.25) is 0 Å². The van der Waals surface area contributed by atoms with Gasteiger partial charge in [0.25, 0.3) is 0 Å². The number of rotatable bonds is 8. The molecule has 29 heavy (non-hydrogen) atoms. The zero-order valence-corrected chi connectivity index (χ0v) is 18.8. The number of aryl methyl sites for hydroxylation is 2. The van der Waals surface area contributed by atoms with E-state index < -0.39 is 0 Å². The first-order valence-corrected chi connectivity index (χ1v) is 11.2. The maximum Gasteiger partial charge on any atom is 0.130 e. The lowest BCUT2D eigenvalue weighted by Crippen LogP contribution is -2.22. The van der Waals surface area contributed by atoms with E-state index in [0.717, 1.165) is 35.0 Å². The van der Waals surface area contributed by atoms with E-state index in [4.69, 9.17) is 4.74 Å². The molecule has 2 unspecified atom stereocenters. The van der Waals surface area contributed by atoms with E-state index in [2.05, 4.69) is 52.0 Å². The van der Waals surface area contributed by atoms with Gasteiger partial charge in [-0.2, -0.15) is 0 Å². The maximum absolute atomic E-state index is 14.5. The standard InChI is InChI=1S/C26H30FOP/c1-5-15-26(4,29-24-14-10-9-13-23(24)27)22-17-19(2)16-20(3)25(22)28-18-21-11-7-6-8-12-21/h6-14,16-17,29H,5,15,18H2,1-4H3. The van der Waals surface area contributed by atoms with E-state index in [-0.39, 0.29) is 11.0 Å². The van der Waals surface area contributed by atoms with Gasteiger partial charge >= 0.3 is 0 Å². The van der Waals surface area contributed by atoms with Crippen molar-refractivity contribution in [2.45, 2.75) is 52.3 Å². The summed E-state index contributed by atoms with van der Waals surface area (Å²) in [4.78, 5) is 0. The summed E-state index contributed by atoms with van der Waals surface area (Å²) in [6.07, 6.45) is 2.01. The summed E-state index contributed by atoms with van der Waals surface area (Å²) in [5.41, 5.74) is 4.68. The fourth-order valence-electron chi connectivity index (χ4n) is 3.91. The molecular formula is C26H30FOP. The lowest BCUT2D eigenvalue weighted by atomic mass is 9.91. The van der Waals surface area contributed by atoms with Crippen LogP contribution in [0.3, 0.4) is 0 Å². The van der Waals surface area contributed by atoms with Crippen molar-refractivity contribution in [2.75, 3.05) is 0 Å². The number of halogens is 1. The molecule has 3 rings (SSSR count). The molecule has 0 N–H and O–H groups in total. The predicted octanol–water partition coefficient (Wildman–Crippen LogP) is 7.04. The van der Waals surface area contributed by atoms with Crippen molar-refractivity contribution in [2.24, 2.45) is 0 Å². The molecule has 3 aromatic carbocycles. The fraction of sp³-hybridized carbons (Fsp3) is 0.308. The number of benzene rings is 3. The van der Waals surface area contributed by atoms with E-state index in [1.165, 1.54) is 11.1 Å². The predicted molar refractivity (Wildman–Crippen MR) is 123 cm³/mol. The second-order valence-electron chi connectivity index (χ2n) is 7.92. The summed E-state index contributed by atoms with van der Waals surface area (Å²) in [7, 11) is 0.337. The molecule has 0 spiro atoms. The Labute approximate surface area is 176 Å². The van der Waals surface area contributed by atoms with Crippen LogP contribution in [0.4, 0.5) is 4.39 Å². The van der Waals surface area contributed by atoms with Gasteiger partial charge < -0.3 is 4.74 Å². The zero-order chi connectivity index (χ0) is 20.9. The van der Waals surface area contributed by atoms with Crippen LogP contribution in [0.2, 0.25) is 0 Å². The molecule has 0 aliphatic heterocycles. The zero-order valence-electron chi connectivity index (χ0n) is 17.8. The largest absolute Gasteiger partial charge is 0.488 e. The topological polar surface area (TPSA) is 9.23 Å². The number of hydrogen-bond acceptors (Lipinski definition) is 1. The molecule has 2 atom stereocenters. The number of hydrogen-bond donors (Lipinski definition) is 0. The Bertz CT molecular complexity index is 954. The quantitative estimate of drug-likeness (QED) is 0.363. The summed E-state index contributed by atoms with van der Waals surface area (Å²) >= 11 is 0. The van der Waals surface area contributed by atoms with Gasteiger partial charge in [0, 0.05) is 16.0 Å². The van der Waals surface area contributed by atoms with Crippen LogP contribution >= 0.6 is 8.58 Å². The number of ether oxygens (including phenoxy) is 1. The molecule has 0 amide bonds. The lowest BCUT2D eigenvalue weighted by molar-refractivity contribution is 0.297. The Hall–Kier alpha value is -2.18. The SMILES string of the molecule is CCCC(C)(Pc1ccccc1F)c1cc(C)cc(C)c1OCc1ccccc1. The van der Waals surface area contributed by atoms with Crippen LogP contribution in [0, 0.1) is 19.7 Å². The first kappa shape index (κ1) is 21.5. The highest BCUT2D eigenvalue weighted by Crippen LogP contribution is 2.49. The molecule has 3 aromatic rings. The van der Waals surface area contributed by atoms with Gasteiger partial charge in [-0.25, -0.2) is 4.39 Å². The maximum atomic E-state index is 14.5. The van der Waals surface area contributed by atoms with Crippen LogP contribution in [-0.4, -0.2) is 0 Å². The minimum Gasteiger partial charge on any atom is -0.488 e. The highest BCUT2D eigenvalue weighted by Gasteiger charge is 2.31. The third-order valence-corrected chi connectivity index (χ3v) is 7.02.